The summed E-state index contributed by atoms with van der Waals surface area (Å²) in [6, 6.07) is 41.1. The summed E-state index contributed by atoms with van der Waals surface area (Å²) in [5, 5.41) is 13.8. The van der Waals surface area contributed by atoms with Crippen molar-refractivity contribution in [2.24, 2.45) is 5.92 Å². The van der Waals surface area contributed by atoms with Crippen LogP contribution < -0.4 is 10.2 Å². The van der Waals surface area contributed by atoms with Gasteiger partial charge in [0, 0.05) is 56.4 Å². The molecule has 12 nitrogen and oxygen atoms in total. The summed E-state index contributed by atoms with van der Waals surface area (Å²) in [5.74, 6) is 4.77. The summed E-state index contributed by atoms with van der Waals surface area (Å²) in [6.07, 6.45) is 2.60. The molecule has 4 aliphatic heterocycles. The number of aromatic nitrogens is 2. The molecule has 12 heteroatoms. The van der Waals surface area contributed by atoms with Crippen molar-refractivity contribution in [3.8, 4) is 17.6 Å². The molecule has 2 amide bonds. The molecule has 1 spiro atoms. The third kappa shape index (κ3) is 7.22. The molecule has 10 rings (SSSR count). The van der Waals surface area contributed by atoms with Crippen LogP contribution in [0, 0.1) is 17.8 Å². The second kappa shape index (κ2) is 17.1. The van der Waals surface area contributed by atoms with Crippen LogP contribution in [-0.4, -0.2) is 93.4 Å². The second-order valence-electron chi connectivity index (χ2n) is 16.9. The first-order chi connectivity index (χ1) is 31.3. The summed E-state index contributed by atoms with van der Waals surface area (Å²) in [6.45, 7) is 2.78. The van der Waals surface area contributed by atoms with Crippen LogP contribution in [0.15, 0.2) is 152 Å². The predicted octanol–water partition coefficient (Wildman–Crippen LogP) is 6.29. The molecule has 0 bridgehead atoms. The normalized spacial score (nSPS) is 23.8. The number of cyclic esters (lactones) is 1. The SMILES string of the molecule is CN(CC#Cc1ccc2c(c1)[C@]1(C(=O)N2)[C@H](C(=O)N2CCN(c3ncccn3)CC2)[C@H]2C(=O)O[C@H](c3ccccc3)[C@H](c3ccccc3)N2[C@@H]1c1ccc(O)cc1)Cc1ccccc1. The summed E-state index contributed by atoms with van der Waals surface area (Å²) in [5.41, 5.74) is 3.62. The number of fused-ring (bicyclic) bond motifs is 3. The summed E-state index contributed by atoms with van der Waals surface area (Å²) in [4.78, 5) is 63.6. The Labute approximate surface area is 372 Å². The van der Waals surface area contributed by atoms with Gasteiger partial charge >= 0.3 is 5.97 Å². The van der Waals surface area contributed by atoms with Crippen LogP contribution in [0.5, 0.6) is 5.75 Å². The average Bonchev–Trinajstić information content (AvgIpc) is 3.81. The molecule has 64 heavy (non-hydrogen) atoms. The maximum absolute atomic E-state index is 15.9. The maximum atomic E-state index is 15.9. The number of hydrogen-bond donors (Lipinski definition) is 2. The van der Waals surface area contributed by atoms with Crippen molar-refractivity contribution in [1.82, 2.24) is 24.7 Å². The first-order valence-corrected chi connectivity index (χ1v) is 21.7. The van der Waals surface area contributed by atoms with Gasteiger partial charge in [-0.25, -0.2) is 9.97 Å². The van der Waals surface area contributed by atoms with E-state index in [-0.39, 0.29) is 11.7 Å². The molecular weight excluding hydrogens is 803 g/mol. The Bertz CT molecular complexity index is 2720. The highest BCUT2D eigenvalue weighted by molar-refractivity contribution is 6.12. The van der Waals surface area contributed by atoms with Crippen molar-refractivity contribution in [2.45, 2.75) is 36.2 Å². The molecule has 5 heterocycles. The van der Waals surface area contributed by atoms with Gasteiger partial charge in [0.05, 0.1) is 24.5 Å². The maximum Gasteiger partial charge on any atom is 0.324 e. The van der Waals surface area contributed by atoms with E-state index in [0.717, 1.165) is 17.7 Å². The minimum Gasteiger partial charge on any atom is -0.508 e. The molecule has 3 saturated heterocycles. The smallest absolute Gasteiger partial charge is 0.324 e. The van der Waals surface area contributed by atoms with Crippen molar-refractivity contribution in [3.05, 3.63) is 185 Å². The number of benzene rings is 5. The average molecular weight is 850 g/mol. The molecular formula is C52H47N7O5. The molecule has 320 valence electrons. The van der Waals surface area contributed by atoms with Gasteiger partial charge in [0.25, 0.3) is 0 Å². The number of ether oxygens (including phenoxy) is 1. The number of phenols is 1. The minimum atomic E-state index is -1.66. The van der Waals surface area contributed by atoms with Crippen molar-refractivity contribution in [3.63, 3.8) is 0 Å². The summed E-state index contributed by atoms with van der Waals surface area (Å²) < 4.78 is 6.59. The molecule has 0 saturated carbocycles. The third-order valence-electron chi connectivity index (χ3n) is 13.1. The Morgan fingerprint density at radius 2 is 1.45 bits per heavy atom. The quantitative estimate of drug-likeness (QED) is 0.133. The predicted molar refractivity (Wildman–Crippen MR) is 242 cm³/mol. The zero-order valence-electron chi connectivity index (χ0n) is 35.3. The van der Waals surface area contributed by atoms with Gasteiger partial charge in [-0.1, -0.05) is 115 Å². The Morgan fingerprint density at radius 3 is 2.14 bits per heavy atom. The van der Waals surface area contributed by atoms with Gasteiger partial charge in [0.1, 0.15) is 23.3 Å². The standard InChI is InChI=1S/C52H47N7O5/c1-56(34-36-13-5-2-6-14-36)28-11-15-35-20-25-42-41(33-35)52(50(63)55-42)43(48(61)57-29-31-58(32-30-57)51-53-26-12-27-54-51)45-49(62)64-46(38-18-9-4-10-19-38)44(37-16-7-3-8-17-37)59(45)47(52)39-21-23-40(60)24-22-39/h2-10,12-14,16-27,33,43-47,60H,28-32,34H2,1H3,(H,55,63)/t43-,44-,45-,46+,47+,52-/m0/s1. The fourth-order valence-corrected chi connectivity index (χ4v) is 10.3. The number of nitrogens with one attached hydrogen (secondary N) is 1. The molecule has 0 radical (unpaired) electrons. The molecule has 3 fully saturated rings. The Morgan fingerprint density at radius 1 is 0.797 bits per heavy atom. The molecule has 0 aliphatic carbocycles. The van der Waals surface area contributed by atoms with E-state index in [2.05, 4.69) is 49.1 Å². The number of amides is 2. The Balaban J connectivity index is 1.14. The van der Waals surface area contributed by atoms with Gasteiger partial charge in [-0.05, 0) is 71.3 Å². The number of carbonyl (C=O) groups is 3. The van der Waals surface area contributed by atoms with Crippen molar-refractivity contribution >= 4 is 29.4 Å². The third-order valence-corrected chi connectivity index (χ3v) is 13.1. The monoisotopic (exact) mass is 849 g/mol. The largest absolute Gasteiger partial charge is 0.508 e. The highest BCUT2D eigenvalue weighted by Crippen LogP contribution is 2.65. The van der Waals surface area contributed by atoms with Gasteiger partial charge in [-0.3, -0.25) is 24.2 Å². The zero-order valence-corrected chi connectivity index (χ0v) is 35.3. The number of aromatic hydroxyl groups is 1. The molecule has 2 N–H and O–H groups in total. The van der Waals surface area contributed by atoms with E-state index in [9.17, 15) is 5.11 Å². The number of esters is 1. The number of phenolic OH excluding ortho intramolecular Hbond substituents is 1. The Kier molecular flexibility index (Phi) is 10.9. The van der Waals surface area contributed by atoms with E-state index < -0.39 is 47.4 Å². The van der Waals surface area contributed by atoms with Gasteiger partial charge < -0.3 is 25.0 Å². The first kappa shape index (κ1) is 40.7. The summed E-state index contributed by atoms with van der Waals surface area (Å²) in [7, 11) is 2.02. The van der Waals surface area contributed by atoms with Crippen LogP contribution in [0.25, 0.3) is 0 Å². The number of piperazine rings is 1. The van der Waals surface area contributed by atoms with Crippen LogP contribution in [0.3, 0.4) is 0 Å². The van der Waals surface area contributed by atoms with E-state index in [1.807, 2.05) is 109 Å². The molecule has 5 aromatic carbocycles. The number of carbonyl (C=O) groups excluding carboxylic acids is 3. The Hall–Kier alpha value is -7.33. The van der Waals surface area contributed by atoms with E-state index in [4.69, 9.17) is 4.74 Å². The molecule has 0 unspecified atom stereocenters. The zero-order chi connectivity index (χ0) is 43.8. The molecule has 1 aromatic heterocycles. The van der Waals surface area contributed by atoms with Crippen LogP contribution in [0.1, 0.15) is 51.6 Å². The van der Waals surface area contributed by atoms with Crippen LogP contribution in [0.4, 0.5) is 11.6 Å². The lowest BCUT2D eigenvalue weighted by molar-refractivity contribution is -0.179. The van der Waals surface area contributed by atoms with Crippen molar-refractivity contribution < 1.29 is 24.2 Å². The highest BCUT2D eigenvalue weighted by atomic mass is 16.6. The highest BCUT2D eigenvalue weighted by Gasteiger charge is 2.74. The number of hydrogen-bond acceptors (Lipinski definition) is 10. The number of nitrogens with zero attached hydrogens (tertiary/aromatic N) is 6. The lowest BCUT2D eigenvalue weighted by Gasteiger charge is -2.46. The number of anilines is 2. The van der Waals surface area contributed by atoms with Crippen LogP contribution in [-0.2, 0) is 31.1 Å². The number of rotatable bonds is 8. The fourth-order valence-electron chi connectivity index (χ4n) is 10.3. The summed E-state index contributed by atoms with van der Waals surface area (Å²) >= 11 is 0. The van der Waals surface area contributed by atoms with Gasteiger partial charge in [-0.15, -0.1) is 0 Å². The second-order valence-corrected chi connectivity index (χ2v) is 16.9. The van der Waals surface area contributed by atoms with Gasteiger partial charge in [0.15, 0.2) is 0 Å². The van der Waals surface area contributed by atoms with E-state index in [0.29, 0.717) is 61.0 Å². The lowest BCUT2D eigenvalue weighted by Crippen LogP contribution is -2.58. The number of morpholine rings is 1. The van der Waals surface area contributed by atoms with Crippen molar-refractivity contribution in [2.75, 3.05) is 50.0 Å². The van der Waals surface area contributed by atoms with Crippen molar-refractivity contribution in [1.29, 1.82) is 0 Å². The molecule has 6 aromatic rings. The minimum absolute atomic E-state index is 0.0473. The van der Waals surface area contributed by atoms with Crippen LogP contribution in [0.2, 0.25) is 0 Å². The lowest BCUT2D eigenvalue weighted by atomic mass is 9.65. The van der Waals surface area contributed by atoms with E-state index >= 15 is 14.4 Å². The van der Waals surface area contributed by atoms with E-state index in [1.165, 1.54) is 5.56 Å². The topological polar surface area (TPSA) is 131 Å². The van der Waals surface area contributed by atoms with Gasteiger partial charge in [0.2, 0.25) is 17.8 Å². The molecule has 6 atom stereocenters. The van der Waals surface area contributed by atoms with Gasteiger partial charge in [-0.2, -0.15) is 0 Å². The first-order valence-electron chi connectivity index (χ1n) is 21.7. The van der Waals surface area contributed by atoms with Crippen LogP contribution >= 0.6 is 0 Å². The van der Waals surface area contributed by atoms with E-state index in [1.54, 1.807) is 47.6 Å². The fraction of sp³-hybridized carbons (Fsp3) is 0.250. The molecule has 4 aliphatic rings.